The smallest absolute Gasteiger partial charge is 0.326 e. The molecular weight excluding hydrogens is 218 g/mol. The summed E-state index contributed by atoms with van der Waals surface area (Å²) in [5, 5.41) is 11.5. The quantitative estimate of drug-likeness (QED) is 0.636. The number of hydrogen-bond donors (Lipinski definition) is 2. The van der Waals surface area contributed by atoms with Gasteiger partial charge in [0.2, 0.25) is 5.91 Å². The van der Waals surface area contributed by atoms with Crippen LogP contribution in [0.5, 0.6) is 0 Å². The molecule has 1 amide bonds. The van der Waals surface area contributed by atoms with Crippen LogP contribution in [0.1, 0.15) is 26.7 Å². The molecule has 0 aromatic rings. The number of nitrogens with one attached hydrogen (secondary N) is 1. The van der Waals surface area contributed by atoms with Gasteiger partial charge in [-0.3, -0.25) is 4.79 Å². The highest BCUT2D eigenvalue weighted by molar-refractivity contribution is 5.85. The molecule has 4 heteroatoms. The van der Waals surface area contributed by atoms with Crippen LogP contribution < -0.4 is 5.32 Å². The number of carbonyl (C=O) groups is 2. The van der Waals surface area contributed by atoms with E-state index in [2.05, 4.69) is 18.5 Å². The molecule has 0 aromatic carbocycles. The minimum atomic E-state index is -1.01. The Morgan fingerprint density at radius 2 is 1.71 bits per heavy atom. The summed E-state index contributed by atoms with van der Waals surface area (Å²) in [5.41, 5.74) is 0. The van der Waals surface area contributed by atoms with Crippen LogP contribution in [0.3, 0.4) is 0 Å². The van der Waals surface area contributed by atoms with E-state index in [-0.39, 0.29) is 17.7 Å². The van der Waals surface area contributed by atoms with Gasteiger partial charge in [-0.15, -0.1) is 13.2 Å². The fourth-order valence-corrected chi connectivity index (χ4v) is 1.50. The minimum Gasteiger partial charge on any atom is -0.480 e. The van der Waals surface area contributed by atoms with Crippen LogP contribution in [-0.4, -0.2) is 23.0 Å². The molecule has 0 aromatic heterocycles. The molecule has 0 aliphatic carbocycles. The SMILES string of the molecule is C=CCC(CC=C)C(=O)N[C@@H](C(=O)O)C(C)C. The molecule has 0 fully saturated rings. The Bertz CT molecular complexity index is 287. The summed E-state index contributed by atoms with van der Waals surface area (Å²) in [5.74, 6) is -1.70. The molecule has 0 heterocycles. The van der Waals surface area contributed by atoms with E-state index in [0.29, 0.717) is 12.8 Å². The summed E-state index contributed by atoms with van der Waals surface area (Å²) < 4.78 is 0. The van der Waals surface area contributed by atoms with E-state index in [1.807, 2.05) is 0 Å². The van der Waals surface area contributed by atoms with Crippen molar-refractivity contribution in [3.63, 3.8) is 0 Å². The summed E-state index contributed by atoms with van der Waals surface area (Å²) in [6, 6.07) is -0.848. The van der Waals surface area contributed by atoms with Crippen LogP contribution in [0.2, 0.25) is 0 Å². The van der Waals surface area contributed by atoms with Gasteiger partial charge < -0.3 is 10.4 Å². The van der Waals surface area contributed by atoms with E-state index >= 15 is 0 Å². The average molecular weight is 239 g/mol. The zero-order chi connectivity index (χ0) is 13.4. The van der Waals surface area contributed by atoms with Crippen molar-refractivity contribution in [3.05, 3.63) is 25.3 Å². The van der Waals surface area contributed by atoms with Gasteiger partial charge in [-0.1, -0.05) is 26.0 Å². The topological polar surface area (TPSA) is 66.4 Å². The number of aliphatic carboxylic acids is 1. The Morgan fingerprint density at radius 1 is 1.24 bits per heavy atom. The lowest BCUT2D eigenvalue weighted by molar-refractivity contribution is -0.143. The fraction of sp³-hybridized carbons (Fsp3) is 0.538. The first-order chi connectivity index (χ1) is 7.93. The van der Waals surface area contributed by atoms with Crippen molar-refractivity contribution in [1.82, 2.24) is 5.32 Å². The highest BCUT2D eigenvalue weighted by Crippen LogP contribution is 2.12. The standard InChI is InChI=1S/C13H21NO3/c1-5-7-10(8-6-2)12(15)14-11(9(3)4)13(16)17/h5-6,9-11H,1-2,7-8H2,3-4H3,(H,14,15)(H,16,17)/t11-/m1/s1. The Balaban J connectivity index is 4.60. The maximum absolute atomic E-state index is 11.9. The third kappa shape index (κ3) is 5.33. The zero-order valence-corrected chi connectivity index (χ0v) is 10.5. The molecule has 0 saturated heterocycles. The van der Waals surface area contributed by atoms with Gasteiger partial charge in [0.05, 0.1) is 0 Å². The molecule has 17 heavy (non-hydrogen) atoms. The zero-order valence-electron chi connectivity index (χ0n) is 10.5. The maximum Gasteiger partial charge on any atom is 0.326 e. The first kappa shape index (κ1) is 15.4. The van der Waals surface area contributed by atoms with Crippen molar-refractivity contribution in [2.24, 2.45) is 11.8 Å². The molecule has 0 radical (unpaired) electrons. The summed E-state index contributed by atoms with van der Waals surface area (Å²) in [6.07, 6.45) is 4.34. The van der Waals surface area contributed by atoms with Gasteiger partial charge in [0.25, 0.3) is 0 Å². The number of carboxylic acids is 1. The maximum atomic E-state index is 11.9. The van der Waals surface area contributed by atoms with Crippen LogP contribution in [0.15, 0.2) is 25.3 Å². The number of carboxylic acid groups (broad SMARTS) is 1. The van der Waals surface area contributed by atoms with Crippen molar-refractivity contribution in [2.45, 2.75) is 32.7 Å². The van der Waals surface area contributed by atoms with Crippen LogP contribution in [0, 0.1) is 11.8 Å². The number of allylic oxidation sites excluding steroid dienone is 2. The molecule has 0 saturated carbocycles. The van der Waals surface area contributed by atoms with Crippen molar-refractivity contribution in [1.29, 1.82) is 0 Å². The van der Waals surface area contributed by atoms with E-state index in [0.717, 1.165) is 0 Å². The average Bonchev–Trinajstić information content (AvgIpc) is 2.24. The van der Waals surface area contributed by atoms with Crippen molar-refractivity contribution < 1.29 is 14.7 Å². The van der Waals surface area contributed by atoms with E-state index < -0.39 is 12.0 Å². The van der Waals surface area contributed by atoms with Crippen LogP contribution in [0.25, 0.3) is 0 Å². The Hall–Kier alpha value is -1.58. The molecule has 2 N–H and O–H groups in total. The monoisotopic (exact) mass is 239 g/mol. The second-order valence-corrected chi connectivity index (χ2v) is 4.31. The van der Waals surface area contributed by atoms with Crippen molar-refractivity contribution in [2.75, 3.05) is 0 Å². The van der Waals surface area contributed by atoms with Gasteiger partial charge >= 0.3 is 5.97 Å². The van der Waals surface area contributed by atoms with Gasteiger partial charge in [-0.25, -0.2) is 4.79 Å². The first-order valence-corrected chi connectivity index (χ1v) is 5.69. The predicted molar refractivity (Wildman–Crippen MR) is 67.5 cm³/mol. The molecule has 0 aliphatic rings. The largest absolute Gasteiger partial charge is 0.480 e. The molecule has 0 spiro atoms. The summed E-state index contributed by atoms with van der Waals surface area (Å²) in [4.78, 5) is 22.8. The Morgan fingerprint density at radius 3 is 2.00 bits per heavy atom. The molecule has 0 unspecified atom stereocenters. The van der Waals surface area contributed by atoms with E-state index in [4.69, 9.17) is 5.11 Å². The van der Waals surface area contributed by atoms with Gasteiger partial charge in [-0.2, -0.15) is 0 Å². The number of rotatable bonds is 8. The van der Waals surface area contributed by atoms with E-state index in [1.54, 1.807) is 26.0 Å². The lowest BCUT2D eigenvalue weighted by atomic mass is 9.98. The van der Waals surface area contributed by atoms with Crippen molar-refractivity contribution >= 4 is 11.9 Å². The summed E-state index contributed by atoms with van der Waals surface area (Å²) >= 11 is 0. The molecule has 1 atom stereocenters. The number of carbonyl (C=O) groups excluding carboxylic acids is 1. The molecule has 0 rings (SSSR count). The molecular formula is C13H21NO3. The Labute approximate surface area is 102 Å². The fourth-order valence-electron chi connectivity index (χ4n) is 1.50. The van der Waals surface area contributed by atoms with Crippen LogP contribution in [0.4, 0.5) is 0 Å². The molecule has 96 valence electrons. The lowest BCUT2D eigenvalue weighted by Gasteiger charge is -2.21. The molecule has 4 nitrogen and oxygen atoms in total. The predicted octanol–water partition coefficient (Wildman–Crippen LogP) is 1.98. The highest BCUT2D eigenvalue weighted by atomic mass is 16.4. The number of amides is 1. The highest BCUT2D eigenvalue weighted by Gasteiger charge is 2.26. The lowest BCUT2D eigenvalue weighted by Crippen LogP contribution is -2.46. The number of hydrogen-bond acceptors (Lipinski definition) is 2. The van der Waals surface area contributed by atoms with E-state index in [1.165, 1.54) is 0 Å². The molecule has 0 bridgehead atoms. The van der Waals surface area contributed by atoms with Gasteiger partial charge in [0, 0.05) is 5.92 Å². The van der Waals surface area contributed by atoms with Crippen molar-refractivity contribution in [3.8, 4) is 0 Å². The van der Waals surface area contributed by atoms with Gasteiger partial charge in [0.1, 0.15) is 6.04 Å². The third-order valence-corrected chi connectivity index (χ3v) is 2.50. The van der Waals surface area contributed by atoms with Gasteiger partial charge in [0.15, 0.2) is 0 Å². The molecule has 0 aliphatic heterocycles. The Kier molecular flexibility index (Phi) is 6.94. The third-order valence-electron chi connectivity index (χ3n) is 2.50. The van der Waals surface area contributed by atoms with E-state index in [9.17, 15) is 9.59 Å². The second kappa shape index (κ2) is 7.65. The van der Waals surface area contributed by atoms with Gasteiger partial charge in [-0.05, 0) is 18.8 Å². The normalized spacial score (nSPS) is 12.2. The summed E-state index contributed by atoms with van der Waals surface area (Å²) in [6.45, 7) is 10.7. The minimum absolute atomic E-state index is 0.149. The van der Waals surface area contributed by atoms with Crippen LogP contribution in [-0.2, 0) is 9.59 Å². The summed E-state index contributed by atoms with van der Waals surface area (Å²) in [7, 11) is 0. The first-order valence-electron chi connectivity index (χ1n) is 5.69. The second-order valence-electron chi connectivity index (χ2n) is 4.31. The van der Waals surface area contributed by atoms with Crippen LogP contribution >= 0.6 is 0 Å².